The van der Waals surface area contributed by atoms with Crippen LogP contribution in [0.15, 0.2) is 24.3 Å². The highest BCUT2D eigenvalue weighted by Crippen LogP contribution is 2.12. The van der Waals surface area contributed by atoms with E-state index in [1.807, 2.05) is 0 Å². The molecule has 8 N–H and O–H groups in total. The van der Waals surface area contributed by atoms with Gasteiger partial charge >= 0.3 is 5.97 Å². The summed E-state index contributed by atoms with van der Waals surface area (Å²) in [6, 6.07) is 2.36. The summed E-state index contributed by atoms with van der Waals surface area (Å²) in [6.45, 7) is 2.03. The number of nitrogens with two attached hydrogens (primary N) is 1. The molecule has 0 saturated heterocycles. The van der Waals surface area contributed by atoms with E-state index in [9.17, 15) is 29.4 Å². The number of aromatic hydroxyl groups is 1. The first-order chi connectivity index (χ1) is 13.5. The van der Waals surface area contributed by atoms with Crippen molar-refractivity contribution in [3.05, 3.63) is 29.8 Å². The number of phenolic OH excluding ortho intramolecular Hbond substituents is 1. The molecule has 160 valence electrons. The Labute approximate surface area is 167 Å². The van der Waals surface area contributed by atoms with Gasteiger partial charge in [0.2, 0.25) is 17.7 Å². The highest BCUT2D eigenvalue weighted by molar-refractivity contribution is 5.94. The van der Waals surface area contributed by atoms with Gasteiger partial charge in [-0.2, -0.15) is 0 Å². The van der Waals surface area contributed by atoms with Crippen LogP contribution in [-0.2, 0) is 25.6 Å². The van der Waals surface area contributed by atoms with Crippen molar-refractivity contribution in [2.24, 2.45) is 5.73 Å². The molecule has 3 amide bonds. The Morgan fingerprint density at radius 2 is 1.59 bits per heavy atom. The Morgan fingerprint density at radius 3 is 2.07 bits per heavy atom. The zero-order valence-corrected chi connectivity index (χ0v) is 16.1. The third-order valence-corrected chi connectivity index (χ3v) is 3.90. The van der Waals surface area contributed by atoms with Crippen LogP contribution in [-0.4, -0.2) is 69.8 Å². The van der Waals surface area contributed by atoms with Gasteiger partial charge in [0.05, 0.1) is 12.1 Å². The van der Waals surface area contributed by atoms with Crippen LogP contribution in [0.5, 0.6) is 5.75 Å². The molecule has 1 aromatic carbocycles. The highest BCUT2D eigenvalue weighted by Gasteiger charge is 2.30. The second-order valence-corrected chi connectivity index (χ2v) is 6.56. The second-order valence-electron chi connectivity index (χ2n) is 6.56. The molecule has 0 spiro atoms. The van der Waals surface area contributed by atoms with Gasteiger partial charge in [-0.1, -0.05) is 12.1 Å². The van der Waals surface area contributed by atoms with Crippen LogP contribution in [0.3, 0.4) is 0 Å². The standard InChI is InChI=1S/C18H26N4O7/c1-9(19)16(27)22-15(10(2)23)18(29)21-13(17(28)20-8-14(25)26)7-11-3-5-12(24)6-4-11/h3-6,9-10,13,15,23-24H,7-8,19H2,1-2H3,(H,20,28)(H,21,29)(H,22,27)(H,25,26). The average Bonchev–Trinajstić information content (AvgIpc) is 2.64. The molecule has 1 aromatic rings. The zero-order valence-electron chi connectivity index (χ0n) is 16.1. The fourth-order valence-corrected chi connectivity index (χ4v) is 2.31. The lowest BCUT2D eigenvalue weighted by Gasteiger charge is -2.25. The molecular formula is C18H26N4O7. The van der Waals surface area contributed by atoms with E-state index in [-0.39, 0.29) is 12.2 Å². The summed E-state index contributed by atoms with van der Waals surface area (Å²) in [7, 11) is 0. The number of carboxylic acids is 1. The SMILES string of the molecule is CC(N)C(=O)NC(C(=O)NC(Cc1ccc(O)cc1)C(=O)NCC(=O)O)C(C)O. The molecule has 1 rings (SSSR count). The topological polar surface area (TPSA) is 191 Å². The largest absolute Gasteiger partial charge is 0.508 e. The number of carbonyl (C=O) groups is 4. The van der Waals surface area contributed by atoms with Crippen molar-refractivity contribution in [2.75, 3.05) is 6.54 Å². The van der Waals surface area contributed by atoms with Gasteiger partial charge in [0.1, 0.15) is 24.4 Å². The third kappa shape index (κ3) is 8.15. The second kappa shape index (κ2) is 11.0. The van der Waals surface area contributed by atoms with E-state index in [2.05, 4.69) is 16.0 Å². The monoisotopic (exact) mass is 410 g/mol. The lowest BCUT2D eigenvalue weighted by molar-refractivity contribution is -0.138. The quantitative estimate of drug-likeness (QED) is 0.227. The molecule has 0 aliphatic heterocycles. The number of aliphatic hydroxyl groups excluding tert-OH is 1. The van der Waals surface area contributed by atoms with E-state index >= 15 is 0 Å². The van der Waals surface area contributed by atoms with Crippen molar-refractivity contribution in [3.63, 3.8) is 0 Å². The van der Waals surface area contributed by atoms with Crippen molar-refractivity contribution >= 4 is 23.7 Å². The number of aliphatic hydroxyl groups is 1. The summed E-state index contributed by atoms with van der Waals surface area (Å²) < 4.78 is 0. The summed E-state index contributed by atoms with van der Waals surface area (Å²) >= 11 is 0. The minimum absolute atomic E-state index is 0.0115. The van der Waals surface area contributed by atoms with E-state index in [0.29, 0.717) is 5.56 Å². The van der Waals surface area contributed by atoms with Gasteiger partial charge in [0, 0.05) is 6.42 Å². The number of hydrogen-bond acceptors (Lipinski definition) is 7. The molecule has 0 bridgehead atoms. The Kier molecular flexibility index (Phi) is 9.03. The first-order valence-corrected chi connectivity index (χ1v) is 8.83. The number of hydrogen-bond donors (Lipinski definition) is 7. The number of phenols is 1. The van der Waals surface area contributed by atoms with Crippen LogP contribution < -0.4 is 21.7 Å². The Hall–Kier alpha value is -3.18. The highest BCUT2D eigenvalue weighted by atomic mass is 16.4. The number of benzene rings is 1. The number of amides is 3. The van der Waals surface area contributed by atoms with E-state index in [4.69, 9.17) is 10.8 Å². The summed E-state index contributed by atoms with van der Waals surface area (Å²) in [5.74, 6) is -3.53. The molecule has 29 heavy (non-hydrogen) atoms. The van der Waals surface area contributed by atoms with Crippen LogP contribution in [0, 0.1) is 0 Å². The number of aliphatic carboxylic acids is 1. The van der Waals surface area contributed by atoms with Gasteiger partial charge in [-0.15, -0.1) is 0 Å². The molecule has 4 atom stereocenters. The minimum Gasteiger partial charge on any atom is -0.508 e. The van der Waals surface area contributed by atoms with Gasteiger partial charge in [-0.05, 0) is 31.5 Å². The Balaban J connectivity index is 2.98. The van der Waals surface area contributed by atoms with Gasteiger partial charge in [-0.25, -0.2) is 0 Å². The Bertz CT molecular complexity index is 734. The Morgan fingerprint density at radius 1 is 1.00 bits per heavy atom. The summed E-state index contributed by atoms with van der Waals surface area (Å²) in [4.78, 5) is 47.4. The fourth-order valence-electron chi connectivity index (χ4n) is 2.31. The van der Waals surface area contributed by atoms with Gasteiger partial charge in [0.25, 0.3) is 0 Å². The van der Waals surface area contributed by atoms with Crippen molar-refractivity contribution in [3.8, 4) is 5.75 Å². The van der Waals surface area contributed by atoms with E-state index in [0.717, 1.165) is 0 Å². The van der Waals surface area contributed by atoms with Gasteiger partial charge in [-0.3, -0.25) is 19.2 Å². The van der Waals surface area contributed by atoms with Crippen LogP contribution in [0.25, 0.3) is 0 Å². The van der Waals surface area contributed by atoms with E-state index < -0.39 is 54.5 Å². The van der Waals surface area contributed by atoms with Crippen LogP contribution in [0.1, 0.15) is 19.4 Å². The average molecular weight is 410 g/mol. The lowest BCUT2D eigenvalue weighted by Crippen LogP contribution is -2.59. The molecular weight excluding hydrogens is 384 g/mol. The minimum atomic E-state index is -1.37. The molecule has 0 saturated carbocycles. The summed E-state index contributed by atoms with van der Waals surface area (Å²) in [5, 5.41) is 34.8. The van der Waals surface area contributed by atoms with Gasteiger partial charge in [0.15, 0.2) is 0 Å². The van der Waals surface area contributed by atoms with E-state index in [1.54, 1.807) is 0 Å². The summed E-state index contributed by atoms with van der Waals surface area (Å²) in [6.07, 6.45) is -1.31. The first kappa shape index (κ1) is 23.9. The van der Waals surface area contributed by atoms with Gasteiger partial charge < -0.3 is 37.0 Å². The van der Waals surface area contributed by atoms with Crippen molar-refractivity contribution < 1.29 is 34.5 Å². The normalized spacial score (nSPS) is 14.8. The van der Waals surface area contributed by atoms with E-state index in [1.165, 1.54) is 38.1 Å². The van der Waals surface area contributed by atoms with Crippen LogP contribution in [0.2, 0.25) is 0 Å². The molecule has 4 unspecified atom stereocenters. The number of carboxylic acid groups (broad SMARTS) is 1. The summed E-state index contributed by atoms with van der Waals surface area (Å²) in [5.41, 5.74) is 6.03. The molecule has 0 heterocycles. The number of rotatable bonds is 10. The predicted octanol–water partition coefficient (Wildman–Crippen LogP) is -2.17. The molecule has 0 aliphatic rings. The van der Waals surface area contributed by atoms with Crippen molar-refractivity contribution in [1.29, 1.82) is 0 Å². The van der Waals surface area contributed by atoms with Crippen LogP contribution in [0.4, 0.5) is 0 Å². The third-order valence-electron chi connectivity index (χ3n) is 3.90. The maximum Gasteiger partial charge on any atom is 0.322 e. The number of nitrogens with one attached hydrogen (secondary N) is 3. The molecule has 11 nitrogen and oxygen atoms in total. The fraction of sp³-hybridized carbons (Fsp3) is 0.444. The predicted molar refractivity (Wildman–Crippen MR) is 102 cm³/mol. The molecule has 11 heteroatoms. The maximum absolute atomic E-state index is 12.6. The lowest BCUT2D eigenvalue weighted by atomic mass is 10.0. The smallest absolute Gasteiger partial charge is 0.322 e. The van der Waals surface area contributed by atoms with Crippen molar-refractivity contribution in [1.82, 2.24) is 16.0 Å². The maximum atomic E-state index is 12.6. The first-order valence-electron chi connectivity index (χ1n) is 8.83. The molecule has 0 aliphatic carbocycles. The number of carbonyl (C=O) groups excluding carboxylic acids is 3. The van der Waals surface area contributed by atoms with Crippen molar-refractivity contribution in [2.45, 2.75) is 44.5 Å². The zero-order chi connectivity index (χ0) is 22.1. The molecule has 0 fully saturated rings. The van der Waals surface area contributed by atoms with Crippen LogP contribution >= 0.6 is 0 Å². The molecule has 0 radical (unpaired) electrons. The molecule has 0 aromatic heterocycles.